The fraction of sp³-hybridized carbons (Fsp3) is 0.235. The zero-order chi connectivity index (χ0) is 14.4. The van der Waals surface area contributed by atoms with Crippen LogP contribution in [-0.4, -0.2) is 17.9 Å². The fourth-order valence-corrected chi connectivity index (χ4v) is 2.31. The van der Waals surface area contributed by atoms with Crippen molar-refractivity contribution in [3.05, 3.63) is 70.7 Å². The molecule has 0 spiro atoms. The Morgan fingerprint density at radius 3 is 2.40 bits per heavy atom. The third-order valence-electron chi connectivity index (χ3n) is 3.25. The summed E-state index contributed by atoms with van der Waals surface area (Å²) in [7, 11) is 1.84. The van der Waals surface area contributed by atoms with Crippen LogP contribution >= 0.6 is 11.6 Å². The Hall–Kier alpha value is -1.80. The quantitative estimate of drug-likeness (QED) is 0.816. The summed E-state index contributed by atoms with van der Waals surface area (Å²) in [6.45, 7) is 0.641. The van der Waals surface area contributed by atoms with Gasteiger partial charge in [-0.3, -0.25) is 4.79 Å². The highest BCUT2D eigenvalue weighted by atomic mass is 35.5. The second-order valence-corrected chi connectivity index (χ2v) is 5.23. The monoisotopic (exact) mass is 287 g/mol. The van der Waals surface area contributed by atoms with Gasteiger partial charge in [-0.05, 0) is 23.6 Å². The van der Waals surface area contributed by atoms with Crippen LogP contribution in [0, 0.1) is 0 Å². The molecule has 0 saturated carbocycles. The van der Waals surface area contributed by atoms with Gasteiger partial charge in [0.2, 0.25) is 5.91 Å². The molecule has 2 nitrogen and oxygen atoms in total. The predicted octanol–water partition coefficient (Wildman–Crippen LogP) is 3.93. The number of nitrogens with zero attached hydrogens (tertiary/aromatic N) is 1. The number of hydrogen-bond donors (Lipinski definition) is 0. The molecule has 0 fully saturated rings. The first kappa shape index (κ1) is 14.6. The minimum atomic E-state index is 0.133. The number of carbonyl (C=O) groups is 1. The number of halogens is 1. The normalized spacial score (nSPS) is 10.3. The van der Waals surface area contributed by atoms with E-state index in [9.17, 15) is 4.79 Å². The third-order valence-corrected chi connectivity index (χ3v) is 3.62. The van der Waals surface area contributed by atoms with E-state index >= 15 is 0 Å². The van der Waals surface area contributed by atoms with Crippen LogP contribution in [0.5, 0.6) is 0 Å². The molecule has 0 unspecified atom stereocenters. The molecular weight excluding hydrogens is 270 g/mol. The van der Waals surface area contributed by atoms with Gasteiger partial charge in [0.15, 0.2) is 0 Å². The van der Waals surface area contributed by atoms with Crippen LogP contribution < -0.4 is 0 Å². The summed E-state index contributed by atoms with van der Waals surface area (Å²) in [6, 6.07) is 17.7. The molecule has 0 bridgehead atoms. The van der Waals surface area contributed by atoms with Crippen LogP contribution in [0.2, 0.25) is 5.02 Å². The van der Waals surface area contributed by atoms with E-state index in [1.54, 1.807) is 4.90 Å². The number of amides is 1. The van der Waals surface area contributed by atoms with Gasteiger partial charge in [0.25, 0.3) is 0 Å². The molecule has 0 aliphatic rings. The van der Waals surface area contributed by atoms with Crippen molar-refractivity contribution < 1.29 is 4.79 Å². The molecule has 0 N–H and O–H groups in total. The van der Waals surface area contributed by atoms with Crippen molar-refractivity contribution in [1.29, 1.82) is 0 Å². The minimum Gasteiger partial charge on any atom is -0.341 e. The lowest BCUT2D eigenvalue weighted by Crippen LogP contribution is -2.26. The average Bonchev–Trinajstić information content (AvgIpc) is 2.47. The van der Waals surface area contributed by atoms with Crippen molar-refractivity contribution in [2.75, 3.05) is 7.05 Å². The van der Waals surface area contributed by atoms with Gasteiger partial charge in [-0.2, -0.15) is 0 Å². The van der Waals surface area contributed by atoms with Gasteiger partial charge in [-0.25, -0.2) is 0 Å². The second-order valence-electron chi connectivity index (χ2n) is 4.83. The lowest BCUT2D eigenvalue weighted by molar-refractivity contribution is -0.130. The van der Waals surface area contributed by atoms with Crippen molar-refractivity contribution in [2.24, 2.45) is 0 Å². The van der Waals surface area contributed by atoms with E-state index in [0.29, 0.717) is 19.4 Å². The fourth-order valence-electron chi connectivity index (χ4n) is 2.08. The SMILES string of the molecule is CN(Cc1ccccc1)C(=O)CCc1ccccc1Cl. The molecule has 20 heavy (non-hydrogen) atoms. The van der Waals surface area contributed by atoms with Gasteiger partial charge in [-0.15, -0.1) is 0 Å². The minimum absolute atomic E-state index is 0.133. The molecule has 2 aromatic rings. The lowest BCUT2D eigenvalue weighted by Gasteiger charge is -2.17. The van der Waals surface area contributed by atoms with E-state index in [2.05, 4.69) is 0 Å². The first-order valence-corrected chi connectivity index (χ1v) is 7.06. The van der Waals surface area contributed by atoms with Crippen LogP contribution in [0.15, 0.2) is 54.6 Å². The third kappa shape index (κ3) is 4.10. The maximum absolute atomic E-state index is 12.1. The van der Waals surface area contributed by atoms with E-state index in [1.807, 2.05) is 61.6 Å². The van der Waals surface area contributed by atoms with E-state index in [4.69, 9.17) is 11.6 Å². The van der Waals surface area contributed by atoms with Gasteiger partial charge >= 0.3 is 0 Å². The van der Waals surface area contributed by atoms with E-state index < -0.39 is 0 Å². The molecule has 0 radical (unpaired) electrons. The van der Waals surface area contributed by atoms with Crippen LogP contribution in [0.4, 0.5) is 0 Å². The van der Waals surface area contributed by atoms with E-state index in [0.717, 1.165) is 16.1 Å². The van der Waals surface area contributed by atoms with Crippen LogP contribution in [-0.2, 0) is 17.8 Å². The summed E-state index contributed by atoms with van der Waals surface area (Å²) in [4.78, 5) is 13.9. The summed E-state index contributed by atoms with van der Waals surface area (Å²) in [5.74, 6) is 0.133. The highest BCUT2D eigenvalue weighted by molar-refractivity contribution is 6.31. The Labute approximate surface area is 125 Å². The summed E-state index contributed by atoms with van der Waals surface area (Å²) < 4.78 is 0. The summed E-state index contributed by atoms with van der Waals surface area (Å²) in [6.07, 6.45) is 1.16. The predicted molar refractivity (Wildman–Crippen MR) is 82.7 cm³/mol. The van der Waals surface area contributed by atoms with Crippen LogP contribution in [0.25, 0.3) is 0 Å². The highest BCUT2D eigenvalue weighted by Gasteiger charge is 2.10. The number of benzene rings is 2. The maximum Gasteiger partial charge on any atom is 0.222 e. The van der Waals surface area contributed by atoms with E-state index in [1.165, 1.54) is 0 Å². The second kappa shape index (κ2) is 7.11. The van der Waals surface area contributed by atoms with Crippen LogP contribution in [0.3, 0.4) is 0 Å². The van der Waals surface area contributed by atoms with Gasteiger partial charge in [0.05, 0.1) is 0 Å². The Bertz CT molecular complexity index is 568. The molecule has 0 heterocycles. The molecule has 1 amide bonds. The summed E-state index contributed by atoms with van der Waals surface area (Å²) in [5, 5.41) is 0.728. The van der Waals surface area contributed by atoms with Crippen molar-refractivity contribution in [3.63, 3.8) is 0 Å². The Kier molecular flexibility index (Phi) is 5.19. The van der Waals surface area contributed by atoms with Gasteiger partial charge in [0.1, 0.15) is 0 Å². The first-order chi connectivity index (χ1) is 9.66. The standard InChI is InChI=1S/C17H18ClNO/c1-19(13-14-7-3-2-4-8-14)17(20)12-11-15-9-5-6-10-16(15)18/h2-10H,11-13H2,1H3. The Balaban J connectivity index is 1.87. The van der Waals surface area contributed by atoms with Crippen LogP contribution in [0.1, 0.15) is 17.5 Å². The molecule has 2 rings (SSSR count). The average molecular weight is 288 g/mol. The molecule has 0 aromatic heterocycles. The lowest BCUT2D eigenvalue weighted by atomic mass is 10.1. The molecule has 104 valence electrons. The van der Waals surface area contributed by atoms with Crippen molar-refractivity contribution in [2.45, 2.75) is 19.4 Å². The van der Waals surface area contributed by atoms with Gasteiger partial charge in [-0.1, -0.05) is 60.1 Å². The van der Waals surface area contributed by atoms with Gasteiger partial charge in [0, 0.05) is 25.0 Å². The molecule has 0 aliphatic carbocycles. The highest BCUT2D eigenvalue weighted by Crippen LogP contribution is 2.17. The van der Waals surface area contributed by atoms with E-state index in [-0.39, 0.29) is 5.91 Å². The molecule has 3 heteroatoms. The topological polar surface area (TPSA) is 20.3 Å². The molecule has 0 saturated heterocycles. The molecule has 0 aliphatic heterocycles. The smallest absolute Gasteiger partial charge is 0.222 e. The number of rotatable bonds is 5. The zero-order valence-corrected chi connectivity index (χ0v) is 12.3. The number of carbonyl (C=O) groups excluding carboxylic acids is 1. The number of hydrogen-bond acceptors (Lipinski definition) is 1. The Morgan fingerprint density at radius 1 is 1.05 bits per heavy atom. The molecular formula is C17H18ClNO. The summed E-state index contributed by atoms with van der Waals surface area (Å²) >= 11 is 6.09. The summed E-state index contributed by atoms with van der Waals surface area (Å²) in [5.41, 5.74) is 2.16. The molecule has 2 aromatic carbocycles. The largest absolute Gasteiger partial charge is 0.341 e. The number of aryl methyl sites for hydroxylation is 1. The van der Waals surface area contributed by atoms with Gasteiger partial charge < -0.3 is 4.90 Å². The zero-order valence-electron chi connectivity index (χ0n) is 11.6. The van der Waals surface area contributed by atoms with Crippen molar-refractivity contribution in [3.8, 4) is 0 Å². The molecule has 0 atom stereocenters. The van der Waals surface area contributed by atoms with Crippen molar-refractivity contribution >= 4 is 17.5 Å². The van der Waals surface area contributed by atoms with Crippen molar-refractivity contribution in [1.82, 2.24) is 4.90 Å². The first-order valence-electron chi connectivity index (χ1n) is 6.68. The Morgan fingerprint density at radius 2 is 1.70 bits per heavy atom. The maximum atomic E-state index is 12.1.